The molecular weight excluding hydrogens is 404 g/mol. The first-order valence-electron chi connectivity index (χ1n) is 10.9. The topological polar surface area (TPSA) is 76.7 Å². The van der Waals surface area contributed by atoms with E-state index in [0.717, 1.165) is 34.6 Å². The molecule has 2 aliphatic rings. The number of carbonyl (C=O) groups excluding carboxylic acids is 2. The molecule has 0 fully saturated rings. The number of rotatable bonds is 3. The Bertz CT molecular complexity index is 1150. The lowest BCUT2D eigenvalue weighted by Crippen LogP contribution is -2.31. The van der Waals surface area contributed by atoms with E-state index < -0.39 is 5.97 Å². The summed E-state index contributed by atoms with van der Waals surface area (Å²) in [6, 6.07) is 9.31. The number of ketones is 1. The quantitative estimate of drug-likeness (QED) is 0.494. The van der Waals surface area contributed by atoms with Crippen molar-refractivity contribution < 1.29 is 19.1 Å². The van der Waals surface area contributed by atoms with Crippen LogP contribution in [0.2, 0.25) is 0 Å². The van der Waals surface area contributed by atoms with Crippen LogP contribution in [0.4, 0.5) is 11.4 Å². The van der Waals surface area contributed by atoms with E-state index in [2.05, 4.69) is 50.5 Å². The third-order valence-corrected chi connectivity index (χ3v) is 6.20. The molecule has 2 N–H and O–H groups in total. The number of hydrogen-bond acceptors (Lipinski definition) is 6. The second kappa shape index (κ2) is 8.01. The smallest absolute Gasteiger partial charge is 0.308 e. The minimum Gasteiger partial charge on any atom is -0.493 e. The van der Waals surface area contributed by atoms with Gasteiger partial charge in [0.25, 0.3) is 0 Å². The van der Waals surface area contributed by atoms with Gasteiger partial charge in [0.2, 0.25) is 0 Å². The highest BCUT2D eigenvalue weighted by atomic mass is 16.6. The van der Waals surface area contributed by atoms with Crippen molar-refractivity contribution in [3.63, 3.8) is 0 Å². The molecule has 168 valence electrons. The molecule has 0 saturated carbocycles. The molecule has 6 heteroatoms. The largest absolute Gasteiger partial charge is 0.493 e. The number of hydrogen-bond donors (Lipinski definition) is 2. The number of nitrogens with one attached hydrogen (secondary N) is 2. The molecule has 32 heavy (non-hydrogen) atoms. The summed E-state index contributed by atoms with van der Waals surface area (Å²) in [5.41, 5.74) is 6.73. The second-order valence-electron chi connectivity index (χ2n) is 9.52. The molecule has 2 aromatic carbocycles. The van der Waals surface area contributed by atoms with Gasteiger partial charge in [-0.1, -0.05) is 19.9 Å². The maximum absolute atomic E-state index is 13.4. The first-order chi connectivity index (χ1) is 15.1. The van der Waals surface area contributed by atoms with Gasteiger partial charge in [-0.2, -0.15) is 0 Å². The van der Waals surface area contributed by atoms with Crippen molar-refractivity contribution in [3.8, 4) is 11.5 Å². The zero-order valence-electron chi connectivity index (χ0n) is 19.5. The van der Waals surface area contributed by atoms with Crippen LogP contribution in [-0.4, -0.2) is 18.9 Å². The molecule has 1 atom stereocenters. The highest BCUT2D eigenvalue weighted by Crippen LogP contribution is 2.46. The van der Waals surface area contributed by atoms with Gasteiger partial charge in [0.15, 0.2) is 17.3 Å². The van der Waals surface area contributed by atoms with Gasteiger partial charge in [0.1, 0.15) is 0 Å². The number of Topliss-reactive ketones (excluding diaryl/α,β-unsaturated/α-hetero) is 1. The monoisotopic (exact) mass is 434 g/mol. The van der Waals surface area contributed by atoms with E-state index in [4.69, 9.17) is 9.47 Å². The summed E-state index contributed by atoms with van der Waals surface area (Å²) >= 11 is 0. The minimum atomic E-state index is -0.415. The maximum Gasteiger partial charge on any atom is 0.308 e. The van der Waals surface area contributed by atoms with E-state index >= 15 is 0 Å². The van der Waals surface area contributed by atoms with Gasteiger partial charge in [0.05, 0.1) is 24.5 Å². The number of methoxy groups -OCH3 is 1. The molecule has 4 rings (SSSR count). The number of anilines is 2. The molecule has 0 aromatic heterocycles. The highest BCUT2D eigenvalue weighted by molar-refractivity contribution is 6.01. The second-order valence-corrected chi connectivity index (χ2v) is 9.52. The summed E-state index contributed by atoms with van der Waals surface area (Å²) in [6.07, 6.45) is 1.27. The molecule has 2 aromatic rings. The molecule has 1 heterocycles. The van der Waals surface area contributed by atoms with Crippen LogP contribution >= 0.6 is 0 Å². The van der Waals surface area contributed by atoms with E-state index in [-0.39, 0.29) is 17.2 Å². The molecule has 0 bridgehead atoms. The SMILES string of the molecule is COc1cc(C2Nc3cc(C)c(C)cc3NC3=C2C(=O)CC(C)(C)C3)ccc1OC(C)=O. The van der Waals surface area contributed by atoms with Crippen molar-refractivity contribution in [3.05, 3.63) is 58.3 Å². The Morgan fingerprint density at radius 2 is 1.72 bits per heavy atom. The molecule has 6 nitrogen and oxygen atoms in total. The van der Waals surface area contributed by atoms with Gasteiger partial charge in [-0.25, -0.2) is 0 Å². The number of allylic oxidation sites excluding steroid dienone is 1. The predicted molar refractivity (Wildman–Crippen MR) is 125 cm³/mol. The molecule has 0 radical (unpaired) electrons. The van der Waals surface area contributed by atoms with Crippen LogP contribution < -0.4 is 20.1 Å². The molecular formula is C26H30N2O4. The van der Waals surface area contributed by atoms with Gasteiger partial charge in [-0.15, -0.1) is 0 Å². The summed E-state index contributed by atoms with van der Waals surface area (Å²) < 4.78 is 10.8. The van der Waals surface area contributed by atoms with Crippen LogP contribution in [-0.2, 0) is 9.59 Å². The van der Waals surface area contributed by atoms with Crippen LogP contribution in [0.1, 0.15) is 56.3 Å². The predicted octanol–water partition coefficient (Wildman–Crippen LogP) is 5.46. The first-order valence-corrected chi connectivity index (χ1v) is 10.9. The normalized spacial score (nSPS) is 19.2. The zero-order valence-corrected chi connectivity index (χ0v) is 19.5. The Morgan fingerprint density at radius 3 is 2.38 bits per heavy atom. The first kappa shape index (κ1) is 21.9. The molecule has 1 aliphatic carbocycles. The van der Waals surface area contributed by atoms with Crippen molar-refractivity contribution >= 4 is 23.1 Å². The summed E-state index contributed by atoms with van der Waals surface area (Å²) in [5, 5.41) is 7.18. The maximum atomic E-state index is 13.4. The van der Waals surface area contributed by atoms with Crippen LogP contribution in [0, 0.1) is 19.3 Å². The van der Waals surface area contributed by atoms with E-state index in [1.165, 1.54) is 25.2 Å². The Hall–Kier alpha value is -3.28. The number of aryl methyl sites for hydroxylation is 2. The van der Waals surface area contributed by atoms with Gasteiger partial charge >= 0.3 is 5.97 Å². The molecule has 0 saturated heterocycles. The number of ether oxygens (including phenoxy) is 2. The van der Waals surface area contributed by atoms with Crippen molar-refractivity contribution in [2.24, 2.45) is 5.41 Å². The fraction of sp³-hybridized carbons (Fsp3) is 0.385. The average molecular weight is 435 g/mol. The van der Waals surface area contributed by atoms with Crippen LogP contribution in [0.15, 0.2) is 41.6 Å². The van der Waals surface area contributed by atoms with E-state index in [9.17, 15) is 9.59 Å². The standard InChI is InChI=1S/C26H30N2O4/c1-14-9-18-19(10-15(14)2)28-25(24-20(27-18)12-26(4,5)13-21(24)30)17-7-8-22(32-16(3)29)23(11-17)31-6/h7-11,25,27-28H,12-13H2,1-6H3. The Labute approximate surface area is 189 Å². The van der Waals surface area contributed by atoms with E-state index in [1.54, 1.807) is 6.07 Å². The fourth-order valence-electron chi connectivity index (χ4n) is 4.56. The fourth-order valence-corrected chi connectivity index (χ4v) is 4.56. The summed E-state index contributed by atoms with van der Waals surface area (Å²) in [5.74, 6) is 0.517. The minimum absolute atomic E-state index is 0.116. The number of carbonyl (C=O) groups is 2. The van der Waals surface area contributed by atoms with E-state index in [1.807, 2.05) is 12.1 Å². The molecule has 0 amide bonds. The Balaban J connectivity index is 1.87. The van der Waals surface area contributed by atoms with Crippen molar-refractivity contribution in [2.45, 2.75) is 53.5 Å². The van der Waals surface area contributed by atoms with E-state index in [0.29, 0.717) is 17.9 Å². The van der Waals surface area contributed by atoms with Crippen molar-refractivity contribution in [2.75, 3.05) is 17.7 Å². The van der Waals surface area contributed by atoms with Crippen LogP contribution in [0.3, 0.4) is 0 Å². The van der Waals surface area contributed by atoms with Gasteiger partial charge in [-0.05, 0) is 66.6 Å². The highest BCUT2D eigenvalue weighted by Gasteiger charge is 2.39. The third kappa shape index (κ3) is 4.09. The van der Waals surface area contributed by atoms with Crippen LogP contribution in [0.5, 0.6) is 11.5 Å². The summed E-state index contributed by atoms with van der Waals surface area (Å²) in [6.45, 7) is 9.77. The van der Waals surface area contributed by atoms with Gasteiger partial charge in [0, 0.05) is 24.6 Å². The molecule has 1 aliphatic heterocycles. The lowest BCUT2D eigenvalue weighted by atomic mass is 9.73. The Morgan fingerprint density at radius 1 is 1.03 bits per heavy atom. The average Bonchev–Trinajstić information content (AvgIpc) is 2.84. The lowest BCUT2D eigenvalue weighted by Gasteiger charge is -2.34. The van der Waals surface area contributed by atoms with Gasteiger partial charge < -0.3 is 20.1 Å². The van der Waals surface area contributed by atoms with Crippen LogP contribution in [0.25, 0.3) is 0 Å². The molecule has 0 spiro atoms. The zero-order chi connectivity index (χ0) is 23.2. The lowest BCUT2D eigenvalue weighted by molar-refractivity contribution is -0.132. The summed E-state index contributed by atoms with van der Waals surface area (Å²) in [7, 11) is 1.54. The number of esters is 1. The third-order valence-electron chi connectivity index (χ3n) is 6.20. The molecule has 1 unspecified atom stereocenters. The van der Waals surface area contributed by atoms with Gasteiger partial charge in [-0.3, -0.25) is 9.59 Å². The van der Waals surface area contributed by atoms with Crippen molar-refractivity contribution in [1.29, 1.82) is 0 Å². The Kier molecular flexibility index (Phi) is 5.49. The number of benzene rings is 2. The van der Waals surface area contributed by atoms with Crippen molar-refractivity contribution in [1.82, 2.24) is 0 Å². The summed E-state index contributed by atoms with van der Waals surface area (Å²) in [4.78, 5) is 24.8. The number of fused-ring (bicyclic) bond motifs is 1.